The number of nitrogens with zero attached hydrogens (tertiary/aromatic N) is 3. The Bertz CT molecular complexity index is 919. The number of anilines is 1. The third kappa shape index (κ3) is 3.99. The van der Waals surface area contributed by atoms with Crippen molar-refractivity contribution in [2.24, 2.45) is 5.10 Å². The van der Waals surface area contributed by atoms with Crippen LogP contribution in [0.2, 0.25) is 10.2 Å². The number of carbonyl (C=O) groups is 1. The molecular weight excluding hydrogens is 363 g/mol. The van der Waals surface area contributed by atoms with Gasteiger partial charge in [0.25, 0.3) is 0 Å². The van der Waals surface area contributed by atoms with Crippen LogP contribution in [0.25, 0.3) is 5.69 Å². The van der Waals surface area contributed by atoms with Crippen molar-refractivity contribution in [3.63, 3.8) is 0 Å². The van der Waals surface area contributed by atoms with E-state index < -0.39 is 5.97 Å². The van der Waals surface area contributed by atoms with Crippen LogP contribution in [0.4, 0.5) is 5.69 Å². The first-order valence-electron chi connectivity index (χ1n) is 7.16. The van der Waals surface area contributed by atoms with Gasteiger partial charge in [-0.3, -0.25) is 9.99 Å². The van der Waals surface area contributed by atoms with E-state index >= 15 is 0 Å². The molecule has 8 heteroatoms. The van der Waals surface area contributed by atoms with Gasteiger partial charge in [-0.25, -0.2) is 9.78 Å². The zero-order valence-corrected chi connectivity index (χ0v) is 14.2. The molecule has 0 bridgehead atoms. The molecule has 0 aliphatic rings. The van der Waals surface area contributed by atoms with E-state index in [9.17, 15) is 4.79 Å². The Hall–Kier alpha value is -2.83. The van der Waals surface area contributed by atoms with Gasteiger partial charge in [0.2, 0.25) is 0 Å². The van der Waals surface area contributed by atoms with Crippen molar-refractivity contribution in [3.8, 4) is 5.69 Å². The summed E-state index contributed by atoms with van der Waals surface area (Å²) in [5.74, 6) is -0.978. The fourth-order valence-corrected chi connectivity index (χ4v) is 2.42. The molecule has 0 unspecified atom stereocenters. The second-order valence-corrected chi connectivity index (χ2v) is 5.81. The highest BCUT2D eigenvalue weighted by atomic mass is 35.5. The van der Waals surface area contributed by atoms with Crippen LogP contribution in [0.5, 0.6) is 0 Å². The van der Waals surface area contributed by atoms with Crippen LogP contribution in [0.15, 0.2) is 60.0 Å². The normalized spacial score (nSPS) is 11.0. The molecule has 0 atom stereocenters. The van der Waals surface area contributed by atoms with E-state index in [1.165, 1.54) is 18.3 Å². The first kappa shape index (κ1) is 17.0. The van der Waals surface area contributed by atoms with Gasteiger partial charge in [0, 0.05) is 10.7 Å². The van der Waals surface area contributed by atoms with Crippen molar-refractivity contribution in [3.05, 3.63) is 76.3 Å². The molecule has 0 saturated heterocycles. The summed E-state index contributed by atoms with van der Waals surface area (Å²) >= 11 is 12.0. The number of halogens is 2. The first-order chi connectivity index (χ1) is 12.0. The van der Waals surface area contributed by atoms with Crippen LogP contribution in [0, 0.1) is 0 Å². The molecular formula is C17H12Cl2N4O2. The lowest BCUT2D eigenvalue weighted by molar-refractivity contribution is 0.0697. The molecule has 0 aliphatic carbocycles. The molecule has 0 aliphatic heterocycles. The maximum atomic E-state index is 10.8. The summed E-state index contributed by atoms with van der Waals surface area (Å²) in [6.07, 6.45) is 3.13. The Morgan fingerprint density at radius 3 is 2.44 bits per heavy atom. The molecule has 0 spiro atoms. The van der Waals surface area contributed by atoms with Crippen LogP contribution in [0.3, 0.4) is 0 Å². The average molecular weight is 375 g/mol. The summed E-state index contributed by atoms with van der Waals surface area (Å²) in [4.78, 5) is 14.9. The largest absolute Gasteiger partial charge is 0.478 e. The Labute approximate surface area is 153 Å². The molecule has 3 rings (SSSR count). The lowest BCUT2D eigenvalue weighted by Gasteiger charge is -2.05. The molecule has 0 fully saturated rings. The molecule has 3 aromatic rings. The lowest BCUT2D eigenvalue weighted by Crippen LogP contribution is -2.00. The average Bonchev–Trinajstić information content (AvgIpc) is 2.97. The van der Waals surface area contributed by atoms with Crippen molar-refractivity contribution in [2.75, 3.05) is 5.43 Å². The predicted molar refractivity (Wildman–Crippen MR) is 98.2 cm³/mol. The summed E-state index contributed by atoms with van der Waals surface area (Å²) in [5, 5.41) is 14.0. The predicted octanol–water partition coefficient (Wildman–Crippen LogP) is 4.32. The summed E-state index contributed by atoms with van der Waals surface area (Å²) < 4.78 is 1.78. The van der Waals surface area contributed by atoms with E-state index in [0.29, 0.717) is 21.6 Å². The van der Waals surface area contributed by atoms with Gasteiger partial charge in [0.05, 0.1) is 17.5 Å². The van der Waals surface area contributed by atoms with Crippen LogP contribution >= 0.6 is 23.2 Å². The monoisotopic (exact) mass is 374 g/mol. The third-order valence-corrected chi connectivity index (χ3v) is 3.92. The van der Waals surface area contributed by atoms with Crippen molar-refractivity contribution in [1.82, 2.24) is 9.55 Å². The van der Waals surface area contributed by atoms with Gasteiger partial charge in [-0.15, -0.1) is 0 Å². The summed E-state index contributed by atoms with van der Waals surface area (Å²) in [7, 11) is 0. The number of aromatic carboxylic acids is 1. The van der Waals surface area contributed by atoms with Gasteiger partial charge in [0.1, 0.15) is 12.0 Å². The highest BCUT2D eigenvalue weighted by Gasteiger charge is 2.08. The Morgan fingerprint density at radius 1 is 1.12 bits per heavy atom. The number of benzene rings is 2. The molecule has 1 heterocycles. The highest BCUT2D eigenvalue weighted by Crippen LogP contribution is 2.19. The van der Waals surface area contributed by atoms with Crippen LogP contribution in [-0.2, 0) is 0 Å². The minimum absolute atomic E-state index is 0.207. The van der Waals surface area contributed by atoms with E-state index in [1.54, 1.807) is 35.2 Å². The number of hydrogen-bond acceptors (Lipinski definition) is 4. The van der Waals surface area contributed by atoms with Crippen molar-refractivity contribution in [1.29, 1.82) is 0 Å². The SMILES string of the molecule is O=C(O)c1ccc(N/N=C/c2c(Cl)ncn2-c2ccc(Cl)cc2)cc1. The number of nitrogens with one attached hydrogen (secondary N) is 1. The summed E-state index contributed by atoms with van der Waals surface area (Å²) in [5.41, 5.74) is 5.11. The van der Waals surface area contributed by atoms with Crippen LogP contribution in [-0.4, -0.2) is 26.8 Å². The Morgan fingerprint density at radius 2 is 1.80 bits per heavy atom. The molecule has 0 saturated carbocycles. The lowest BCUT2D eigenvalue weighted by atomic mass is 10.2. The Kier molecular flexibility index (Phi) is 5.02. The first-order valence-corrected chi connectivity index (χ1v) is 7.91. The van der Waals surface area contributed by atoms with E-state index in [-0.39, 0.29) is 5.56 Å². The number of rotatable bonds is 5. The van der Waals surface area contributed by atoms with Gasteiger partial charge < -0.3 is 5.11 Å². The highest BCUT2D eigenvalue weighted by molar-refractivity contribution is 6.31. The zero-order valence-electron chi connectivity index (χ0n) is 12.7. The smallest absolute Gasteiger partial charge is 0.335 e. The van der Waals surface area contributed by atoms with Gasteiger partial charge >= 0.3 is 5.97 Å². The van der Waals surface area contributed by atoms with E-state index in [4.69, 9.17) is 28.3 Å². The number of hydrazone groups is 1. The second-order valence-electron chi connectivity index (χ2n) is 5.02. The number of imidazole rings is 1. The molecule has 0 radical (unpaired) electrons. The summed E-state index contributed by atoms with van der Waals surface area (Å²) in [6.45, 7) is 0. The number of aromatic nitrogens is 2. The molecule has 2 aromatic carbocycles. The fourth-order valence-electron chi connectivity index (χ4n) is 2.11. The van der Waals surface area contributed by atoms with Gasteiger partial charge in [-0.2, -0.15) is 5.10 Å². The van der Waals surface area contributed by atoms with Gasteiger partial charge in [0.15, 0.2) is 5.15 Å². The standard InChI is InChI=1S/C17H12Cl2N4O2/c18-12-3-7-14(8-4-12)23-10-20-16(19)15(23)9-21-22-13-5-1-11(2-6-13)17(24)25/h1-10,22H,(H,24,25)/b21-9+. The van der Waals surface area contributed by atoms with E-state index in [1.807, 2.05) is 12.1 Å². The van der Waals surface area contributed by atoms with Gasteiger partial charge in [-0.05, 0) is 48.5 Å². The topological polar surface area (TPSA) is 79.5 Å². The number of carboxylic acids is 1. The molecule has 2 N–H and O–H groups in total. The third-order valence-electron chi connectivity index (χ3n) is 3.37. The van der Waals surface area contributed by atoms with Crippen molar-refractivity contribution >= 4 is 41.1 Å². The fraction of sp³-hybridized carbons (Fsp3) is 0. The zero-order chi connectivity index (χ0) is 17.8. The van der Waals surface area contributed by atoms with Crippen molar-refractivity contribution in [2.45, 2.75) is 0 Å². The van der Waals surface area contributed by atoms with E-state index in [2.05, 4.69) is 15.5 Å². The number of carboxylic acid groups (broad SMARTS) is 1. The molecule has 25 heavy (non-hydrogen) atoms. The quantitative estimate of drug-likeness (QED) is 0.514. The minimum Gasteiger partial charge on any atom is -0.478 e. The molecule has 0 amide bonds. The second kappa shape index (κ2) is 7.38. The van der Waals surface area contributed by atoms with Gasteiger partial charge in [-0.1, -0.05) is 23.2 Å². The molecule has 6 nitrogen and oxygen atoms in total. The minimum atomic E-state index is -0.978. The van der Waals surface area contributed by atoms with Crippen molar-refractivity contribution < 1.29 is 9.90 Å². The maximum absolute atomic E-state index is 10.8. The number of hydrogen-bond donors (Lipinski definition) is 2. The van der Waals surface area contributed by atoms with Crippen LogP contribution < -0.4 is 5.43 Å². The molecule has 1 aromatic heterocycles. The molecule has 126 valence electrons. The van der Waals surface area contributed by atoms with Crippen LogP contribution in [0.1, 0.15) is 16.1 Å². The summed E-state index contributed by atoms with van der Waals surface area (Å²) in [6, 6.07) is 13.5. The maximum Gasteiger partial charge on any atom is 0.335 e. The Balaban J connectivity index is 1.78. The van der Waals surface area contributed by atoms with E-state index in [0.717, 1.165) is 5.69 Å².